The molecule has 192 valence electrons. The van der Waals surface area contributed by atoms with Crippen molar-refractivity contribution in [3.8, 4) is 28.7 Å². The van der Waals surface area contributed by atoms with Crippen LogP contribution in [-0.2, 0) is 0 Å². The Morgan fingerprint density at radius 2 is 1.12 bits per heavy atom. The Hall–Kier alpha value is -5.33. The molecule has 4 heterocycles. The van der Waals surface area contributed by atoms with E-state index in [-0.39, 0.29) is 0 Å². The zero-order valence-electron chi connectivity index (χ0n) is 21.7. The fraction of sp³-hybridized carbons (Fsp3) is 0. The largest absolute Gasteiger partial charge is 0.471 e. The molecule has 0 bridgehead atoms. The van der Waals surface area contributed by atoms with Gasteiger partial charge in [-0.2, -0.15) is 9.97 Å². The summed E-state index contributed by atoms with van der Waals surface area (Å²) in [5, 5.41) is 6.92. The van der Waals surface area contributed by atoms with E-state index in [0.717, 1.165) is 43.7 Å². The molecule has 4 aromatic heterocycles. The van der Waals surface area contributed by atoms with Crippen molar-refractivity contribution in [2.75, 3.05) is 0 Å². The highest BCUT2D eigenvalue weighted by Crippen LogP contribution is 2.47. The monoisotopic (exact) mass is 544 g/mol. The summed E-state index contributed by atoms with van der Waals surface area (Å²) in [4.78, 5) is 15.2. The molecule has 0 atom stereocenters. The number of hydrogen-bond acceptors (Lipinski definition) is 5. The Bertz CT molecular complexity index is 2360. The van der Waals surface area contributed by atoms with Crippen molar-refractivity contribution in [2.45, 2.75) is 0 Å². The van der Waals surface area contributed by atoms with Crippen molar-refractivity contribution < 1.29 is 4.42 Å². The van der Waals surface area contributed by atoms with Crippen molar-refractivity contribution >= 4 is 64.1 Å². The van der Waals surface area contributed by atoms with Gasteiger partial charge in [0.15, 0.2) is 11.6 Å². The van der Waals surface area contributed by atoms with Crippen molar-refractivity contribution in [3.63, 3.8) is 0 Å². The summed E-state index contributed by atoms with van der Waals surface area (Å²) >= 11 is 1.80. The lowest BCUT2D eigenvalue weighted by Gasteiger charge is -2.11. The van der Waals surface area contributed by atoms with Crippen LogP contribution >= 0.6 is 11.3 Å². The molecule has 0 aliphatic carbocycles. The molecule has 0 aliphatic heterocycles. The fourth-order valence-electron chi connectivity index (χ4n) is 6.00. The van der Waals surface area contributed by atoms with Crippen molar-refractivity contribution in [1.82, 2.24) is 19.5 Å². The van der Waals surface area contributed by atoms with Gasteiger partial charge >= 0.3 is 0 Å². The van der Waals surface area contributed by atoms with Gasteiger partial charge in [0.2, 0.25) is 5.95 Å². The molecule has 41 heavy (non-hydrogen) atoms. The first-order chi connectivity index (χ1) is 20.3. The Morgan fingerprint density at radius 1 is 0.537 bits per heavy atom. The number of furan rings is 1. The van der Waals surface area contributed by atoms with Gasteiger partial charge in [-0.25, -0.2) is 4.98 Å². The highest BCUT2D eigenvalue weighted by Gasteiger charge is 2.24. The fourth-order valence-corrected chi connectivity index (χ4v) is 7.26. The van der Waals surface area contributed by atoms with Crippen molar-refractivity contribution in [1.29, 1.82) is 0 Å². The van der Waals surface area contributed by atoms with E-state index in [2.05, 4.69) is 53.1 Å². The molecule has 6 heteroatoms. The first-order valence-electron chi connectivity index (χ1n) is 13.4. The molecule has 0 saturated heterocycles. The summed E-state index contributed by atoms with van der Waals surface area (Å²) in [5.74, 6) is 1.86. The van der Waals surface area contributed by atoms with Gasteiger partial charge in [-0.05, 0) is 12.1 Å². The van der Waals surface area contributed by atoms with Crippen LogP contribution in [-0.4, -0.2) is 19.5 Å². The molecule has 9 rings (SSSR count). The van der Waals surface area contributed by atoms with E-state index in [1.165, 1.54) is 20.2 Å². The predicted molar refractivity (Wildman–Crippen MR) is 168 cm³/mol. The standard InChI is InChI=1S/C35H20N4OS/c1-3-11-21(12-4-1)33-36-34(22-13-5-2-6-14-22)38-35(37-33)39-27-17-9-7-15-23(27)29-25-19-40-20-26(25)30-24-16-8-10-18-28(24)41-32(30)31(29)39/h1-20H. The molecule has 0 N–H and O–H groups in total. The normalized spacial score (nSPS) is 11.9. The molecule has 0 amide bonds. The maximum Gasteiger partial charge on any atom is 0.238 e. The summed E-state index contributed by atoms with van der Waals surface area (Å²) in [7, 11) is 0. The molecule has 0 radical (unpaired) electrons. The van der Waals surface area contributed by atoms with Gasteiger partial charge in [-0.3, -0.25) is 4.57 Å². The Morgan fingerprint density at radius 3 is 1.83 bits per heavy atom. The molecule has 0 unspecified atom stereocenters. The average molecular weight is 545 g/mol. The summed E-state index contributed by atoms with van der Waals surface area (Å²) in [6, 6.07) is 37.3. The second kappa shape index (κ2) is 8.58. The van der Waals surface area contributed by atoms with Crippen LogP contribution in [0.1, 0.15) is 0 Å². The van der Waals surface area contributed by atoms with Gasteiger partial charge in [0.25, 0.3) is 0 Å². The van der Waals surface area contributed by atoms with E-state index < -0.39 is 0 Å². The Kier molecular flexibility index (Phi) is 4.71. The maximum absolute atomic E-state index is 5.87. The van der Waals surface area contributed by atoms with Crippen LogP contribution in [0.2, 0.25) is 0 Å². The molecular weight excluding hydrogens is 524 g/mol. The van der Waals surface area contributed by atoms with Crippen LogP contribution in [0.3, 0.4) is 0 Å². The highest BCUT2D eigenvalue weighted by molar-refractivity contribution is 7.27. The zero-order valence-corrected chi connectivity index (χ0v) is 22.5. The van der Waals surface area contributed by atoms with Crippen LogP contribution in [0.4, 0.5) is 0 Å². The van der Waals surface area contributed by atoms with Gasteiger partial charge in [0.1, 0.15) is 0 Å². The van der Waals surface area contributed by atoms with Gasteiger partial charge in [-0.1, -0.05) is 97.1 Å². The van der Waals surface area contributed by atoms with Crippen LogP contribution in [0.25, 0.3) is 81.5 Å². The lowest BCUT2D eigenvalue weighted by atomic mass is 10.0. The molecule has 5 aromatic carbocycles. The predicted octanol–water partition coefficient (Wildman–Crippen LogP) is 9.42. The summed E-state index contributed by atoms with van der Waals surface area (Å²) < 4.78 is 10.5. The molecule has 0 saturated carbocycles. The smallest absolute Gasteiger partial charge is 0.238 e. The molecular formula is C35H20N4OS. The van der Waals surface area contributed by atoms with Crippen LogP contribution < -0.4 is 0 Å². The number of benzene rings is 5. The average Bonchev–Trinajstić information content (AvgIpc) is 3.75. The number of aromatic nitrogens is 4. The highest BCUT2D eigenvalue weighted by atomic mass is 32.1. The lowest BCUT2D eigenvalue weighted by molar-refractivity contribution is 0.573. The van der Waals surface area contributed by atoms with Crippen LogP contribution in [0.5, 0.6) is 0 Å². The first-order valence-corrected chi connectivity index (χ1v) is 14.3. The third-order valence-electron chi connectivity index (χ3n) is 7.77. The third kappa shape index (κ3) is 3.25. The molecule has 5 nitrogen and oxygen atoms in total. The quantitative estimate of drug-likeness (QED) is 0.222. The van der Waals surface area contributed by atoms with E-state index >= 15 is 0 Å². The molecule has 0 fully saturated rings. The third-order valence-corrected chi connectivity index (χ3v) is 8.95. The topological polar surface area (TPSA) is 56.7 Å². The second-order valence-electron chi connectivity index (χ2n) is 10.1. The number of rotatable bonds is 3. The van der Waals surface area contributed by atoms with E-state index in [9.17, 15) is 0 Å². The number of fused-ring (bicyclic) bond motifs is 10. The lowest BCUT2D eigenvalue weighted by Crippen LogP contribution is -2.06. The van der Waals surface area contributed by atoms with E-state index in [1.54, 1.807) is 11.3 Å². The molecule has 0 aliphatic rings. The van der Waals surface area contributed by atoms with E-state index in [0.29, 0.717) is 17.6 Å². The first kappa shape index (κ1) is 22.5. The number of nitrogens with zero attached hydrogens (tertiary/aromatic N) is 4. The van der Waals surface area contributed by atoms with Crippen molar-refractivity contribution in [2.24, 2.45) is 0 Å². The summed E-state index contributed by atoms with van der Waals surface area (Å²) in [5.41, 5.74) is 4.01. The second-order valence-corrected chi connectivity index (χ2v) is 11.1. The van der Waals surface area contributed by atoms with Crippen molar-refractivity contribution in [3.05, 3.63) is 122 Å². The van der Waals surface area contributed by atoms with Gasteiger partial charge in [0.05, 0.1) is 28.3 Å². The summed E-state index contributed by atoms with van der Waals surface area (Å²) in [6.45, 7) is 0. The van der Waals surface area contributed by atoms with Gasteiger partial charge < -0.3 is 4.42 Å². The molecule has 0 spiro atoms. The van der Waals surface area contributed by atoms with Crippen LogP contribution in [0.15, 0.2) is 126 Å². The van der Waals surface area contributed by atoms with E-state index in [4.69, 9.17) is 19.4 Å². The van der Waals surface area contributed by atoms with Gasteiger partial charge in [0, 0.05) is 48.1 Å². The number of thiophene rings is 1. The SMILES string of the molecule is c1ccc(-c2nc(-c3ccccc3)nc(-n3c4ccccc4c4c5cocc5c5c6ccccc6sc5c43)n2)cc1. The number of hydrogen-bond donors (Lipinski definition) is 0. The van der Waals surface area contributed by atoms with Gasteiger partial charge in [-0.15, -0.1) is 11.3 Å². The minimum Gasteiger partial charge on any atom is -0.471 e. The minimum atomic E-state index is 0.588. The van der Waals surface area contributed by atoms with Crippen LogP contribution in [0, 0.1) is 0 Å². The maximum atomic E-state index is 5.87. The van der Waals surface area contributed by atoms with E-state index in [1.807, 2.05) is 73.2 Å². The molecule has 9 aromatic rings. The zero-order chi connectivity index (χ0) is 26.9. The Labute approximate surface area is 238 Å². The summed E-state index contributed by atoms with van der Waals surface area (Å²) in [6.07, 6.45) is 3.75. The number of para-hydroxylation sites is 1. The Balaban J connectivity index is 1.49. The minimum absolute atomic E-state index is 0.588.